The molecule has 2 unspecified atom stereocenters. The zero-order chi connectivity index (χ0) is 15.1. The monoisotopic (exact) mass is 282 g/mol. The second-order valence-electron chi connectivity index (χ2n) is 4.43. The maximum Gasteiger partial charge on any atom is 0.269 e. The molecule has 0 saturated carbocycles. The molecular formula is C13H18N2O5. The number of hydrogen-bond donors (Lipinski definition) is 2. The minimum Gasteiger partial charge on any atom is -0.389 e. The largest absolute Gasteiger partial charge is 0.389 e. The fourth-order valence-electron chi connectivity index (χ4n) is 1.68. The van der Waals surface area contributed by atoms with Gasteiger partial charge in [-0.1, -0.05) is 12.1 Å². The number of carbonyl (C=O) groups is 1. The van der Waals surface area contributed by atoms with E-state index < -0.39 is 16.9 Å². The molecule has 0 aliphatic carbocycles. The van der Waals surface area contributed by atoms with Gasteiger partial charge in [-0.15, -0.1) is 0 Å². The minimum atomic E-state index is -0.777. The predicted molar refractivity (Wildman–Crippen MR) is 72.4 cm³/mol. The third-order valence-electron chi connectivity index (χ3n) is 2.85. The summed E-state index contributed by atoms with van der Waals surface area (Å²) in [5.41, 5.74) is 0.500. The van der Waals surface area contributed by atoms with Gasteiger partial charge in [0.1, 0.15) is 0 Å². The highest BCUT2D eigenvalue weighted by Gasteiger charge is 2.18. The van der Waals surface area contributed by atoms with Crippen molar-refractivity contribution in [3.8, 4) is 0 Å². The van der Waals surface area contributed by atoms with E-state index in [1.54, 1.807) is 13.0 Å². The number of ether oxygens (including phenoxy) is 1. The van der Waals surface area contributed by atoms with Crippen LogP contribution in [0.25, 0.3) is 0 Å². The average molecular weight is 282 g/mol. The predicted octanol–water partition coefficient (Wildman–Crippen LogP) is 0.822. The Morgan fingerprint density at radius 2 is 2.25 bits per heavy atom. The van der Waals surface area contributed by atoms with Gasteiger partial charge in [0.25, 0.3) is 5.69 Å². The first-order valence-electron chi connectivity index (χ1n) is 6.14. The number of nitro benzene ring substituents is 1. The summed E-state index contributed by atoms with van der Waals surface area (Å²) >= 11 is 0. The van der Waals surface area contributed by atoms with Crippen molar-refractivity contribution < 1.29 is 19.6 Å². The molecule has 0 saturated heterocycles. The molecule has 0 bridgehead atoms. The lowest BCUT2D eigenvalue weighted by atomic mass is 10.00. The lowest BCUT2D eigenvalue weighted by molar-refractivity contribution is -0.384. The summed E-state index contributed by atoms with van der Waals surface area (Å²) in [5.74, 6) is -0.842. The normalized spacial score (nSPS) is 13.6. The Balaban J connectivity index is 2.64. The standard InChI is InChI=1S/C13H18N2O5/c1-9(13(17)14-7-12(16)8-20-2)10-4-3-5-11(6-10)15(18)19/h3-6,9,12,16H,7-8H2,1-2H3,(H,14,17). The van der Waals surface area contributed by atoms with Crippen LogP contribution in [0.4, 0.5) is 5.69 Å². The van der Waals surface area contributed by atoms with Crippen LogP contribution in [0.15, 0.2) is 24.3 Å². The molecular weight excluding hydrogens is 264 g/mol. The lowest BCUT2D eigenvalue weighted by Gasteiger charge is -2.15. The Morgan fingerprint density at radius 1 is 1.55 bits per heavy atom. The molecule has 7 nitrogen and oxygen atoms in total. The van der Waals surface area contributed by atoms with Crippen molar-refractivity contribution in [2.24, 2.45) is 0 Å². The molecule has 0 spiro atoms. The average Bonchev–Trinajstić information content (AvgIpc) is 2.44. The highest BCUT2D eigenvalue weighted by molar-refractivity contribution is 5.83. The van der Waals surface area contributed by atoms with Crippen LogP contribution in [-0.2, 0) is 9.53 Å². The van der Waals surface area contributed by atoms with Gasteiger partial charge in [-0.25, -0.2) is 0 Å². The number of rotatable bonds is 7. The SMILES string of the molecule is COCC(O)CNC(=O)C(C)c1cccc([N+](=O)[O-])c1. The molecule has 7 heteroatoms. The van der Waals surface area contributed by atoms with Gasteiger partial charge in [-0.05, 0) is 12.5 Å². The summed E-state index contributed by atoms with van der Waals surface area (Å²) in [6.07, 6.45) is -0.777. The van der Waals surface area contributed by atoms with Crippen molar-refractivity contribution >= 4 is 11.6 Å². The van der Waals surface area contributed by atoms with E-state index in [2.05, 4.69) is 5.32 Å². The van der Waals surface area contributed by atoms with Crippen LogP contribution in [0.2, 0.25) is 0 Å². The van der Waals surface area contributed by atoms with Gasteiger partial charge in [0.15, 0.2) is 0 Å². The molecule has 1 aromatic rings. The molecule has 0 radical (unpaired) electrons. The Morgan fingerprint density at radius 3 is 2.85 bits per heavy atom. The highest BCUT2D eigenvalue weighted by Crippen LogP contribution is 2.20. The molecule has 2 atom stereocenters. The fraction of sp³-hybridized carbons (Fsp3) is 0.462. The first kappa shape index (κ1) is 16.1. The van der Waals surface area contributed by atoms with Crippen LogP contribution < -0.4 is 5.32 Å². The number of non-ortho nitro benzene ring substituents is 1. The van der Waals surface area contributed by atoms with Crippen molar-refractivity contribution in [3.63, 3.8) is 0 Å². The Kier molecular flexibility index (Phi) is 6.08. The van der Waals surface area contributed by atoms with Crippen molar-refractivity contribution in [3.05, 3.63) is 39.9 Å². The minimum absolute atomic E-state index is 0.0541. The van der Waals surface area contributed by atoms with E-state index in [-0.39, 0.29) is 24.7 Å². The van der Waals surface area contributed by atoms with Gasteiger partial charge < -0.3 is 15.2 Å². The molecule has 2 N–H and O–H groups in total. The van der Waals surface area contributed by atoms with Gasteiger partial charge in [0.2, 0.25) is 5.91 Å². The van der Waals surface area contributed by atoms with E-state index in [4.69, 9.17) is 4.74 Å². The lowest BCUT2D eigenvalue weighted by Crippen LogP contribution is -2.36. The number of aliphatic hydroxyl groups is 1. The molecule has 110 valence electrons. The van der Waals surface area contributed by atoms with Crippen molar-refractivity contribution in [1.29, 1.82) is 0 Å². The van der Waals surface area contributed by atoms with Crippen molar-refractivity contribution in [2.45, 2.75) is 18.9 Å². The molecule has 0 fully saturated rings. The summed E-state index contributed by atoms with van der Waals surface area (Å²) < 4.78 is 4.75. The number of methoxy groups -OCH3 is 1. The summed E-state index contributed by atoms with van der Waals surface area (Å²) in [6.45, 7) is 1.86. The smallest absolute Gasteiger partial charge is 0.269 e. The topological polar surface area (TPSA) is 102 Å². The summed E-state index contributed by atoms with van der Waals surface area (Å²) in [5, 5.41) is 22.7. The molecule has 0 aliphatic rings. The van der Waals surface area contributed by atoms with Gasteiger partial charge in [0, 0.05) is 25.8 Å². The molecule has 1 rings (SSSR count). The number of nitrogens with one attached hydrogen (secondary N) is 1. The number of nitrogens with zero attached hydrogens (tertiary/aromatic N) is 1. The summed E-state index contributed by atoms with van der Waals surface area (Å²) in [6, 6.07) is 5.94. The van der Waals surface area contributed by atoms with Gasteiger partial charge >= 0.3 is 0 Å². The third kappa shape index (κ3) is 4.60. The van der Waals surface area contributed by atoms with Crippen LogP contribution in [0.3, 0.4) is 0 Å². The summed E-state index contributed by atoms with van der Waals surface area (Å²) in [4.78, 5) is 22.1. The molecule has 20 heavy (non-hydrogen) atoms. The van der Waals surface area contributed by atoms with E-state index in [0.29, 0.717) is 5.56 Å². The highest BCUT2D eigenvalue weighted by atomic mass is 16.6. The van der Waals surface area contributed by atoms with Crippen molar-refractivity contribution in [2.75, 3.05) is 20.3 Å². The molecule has 0 heterocycles. The quantitative estimate of drug-likeness (QED) is 0.569. The van der Waals surface area contributed by atoms with Crippen LogP contribution in [-0.4, -0.2) is 42.3 Å². The first-order valence-corrected chi connectivity index (χ1v) is 6.14. The van der Waals surface area contributed by atoms with Crippen molar-refractivity contribution in [1.82, 2.24) is 5.32 Å². The molecule has 1 aromatic carbocycles. The zero-order valence-electron chi connectivity index (χ0n) is 11.4. The van der Waals surface area contributed by atoms with E-state index in [9.17, 15) is 20.0 Å². The number of amides is 1. The maximum absolute atomic E-state index is 11.9. The number of nitro groups is 1. The van der Waals surface area contributed by atoms with Crippen LogP contribution >= 0.6 is 0 Å². The van der Waals surface area contributed by atoms with Crippen LogP contribution in [0.5, 0.6) is 0 Å². The second kappa shape index (κ2) is 7.56. The maximum atomic E-state index is 11.9. The van der Waals surface area contributed by atoms with Gasteiger partial charge in [-0.2, -0.15) is 0 Å². The number of aliphatic hydroxyl groups excluding tert-OH is 1. The molecule has 0 aromatic heterocycles. The van der Waals surface area contributed by atoms with Crippen LogP contribution in [0, 0.1) is 10.1 Å². The molecule has 1 amide bonds. The summed E-state index contributed by atoms with van der Waals surface area (Å²) in [7, 11) is 1.46. The molecule has 0 aliphatic heterocycles. The zero-order valence-corrected chi connectivity index (χ0v) is 11.4. The van der Waals surface area contributed by atoms with E-state index in [0.717, 1.165) is 0 Å². The second-order valence-corrected chi connectivity index (χ2v) is 4.43. The number of benzene rings is 1. The third-order valence-corrected chi connectivity index (χ3v) is 2.85. The Hall–Kier alpha value is -1.99. The van der Waals surface area contributed by atoms with Crippen LogP contribution in [0.1, 0.15) is 18.4 Å². The Bertz CT molecular complexity index is 478. The van der Waals surface area contributed by atoms with E-state index in [1.165, 1.54) is 25.3 Å². The Labute approximate surface area is 116 Å². The number of hydrogen-bond acceptors (Lipinski definition) is 5. The first-order chi connectivity index (χ1) is 9.45. The van der Waals surface area contributed by atoms with Gasteiger partial charge in [0.05, 0.1) is 23.6 Å². The van der Waals surface area contributed by atoms with E-state index >= 15 is 0 Å². The van der Waals surface area contributed by atoms with E-state index in [1.807, 2.05) is 0 Å². The van der Waals surface area contributed by atoms with Gasteiger partial charge in [-0.3, -0.25) is 14.9 Å². The fourth-order valence-corrected chi connectivity index (χ4v) is 1.68. The number of carbonyl (C=O) groups excluding carboxylic acids is 1.